The van der Waals surface area contributed by atoms with Crippen molar-refractivity contribution in [1.82, 2.24) is 9.21 Å². The molecule has 0 spiro atoms. The molecule has 6 nitrogen and oxygen atoms in total. The third-order valence-corrected chi connectivity index (χ3v) is 7.64. The van der Waals surface area contributed by atoms with Crippen LogP contribution in [-0.2, 0) is 27.1 Å². The molecule has 1 aliphatic rings. The molecule has 0 radical (unpaired) electrons. The fourth-order valence-corrected chi connectivity index (χ4v) is 5.55. The minimum atomic E-state index is -3.47. The summed E-state index contributed by atoms with van der Waals surface area (Å²) in [5.41, 5.74) is 1.61. The molecule has 0 aliphatic carbocycles. The zero-order valence-corrected chi connectivity index (χ0v) is 18.8. The monoisotopic (exact) mass is 450 g/mol. The molecule has 2 aromatic carbocycles. The van der Waals surface area contributed by atoms with Gasteiger partial charge in [0.1, 0.15) is 5.75 Å². The Morgan fingerprint density at radius 2 is 1.77 bits per heavy atom. The molecule has 0 saturated carbocycles. The van der Waals surface area contributed by atoms with Gasteiger partial charge in [-0.3, -0.25) is 4.79 Å². The lowest BCUT2D eigenvalue weighted by atomic mass is 9.96. The molecule has 1 fully saturated rings. The third-order valence-electron chi connectivity index (χ3n) is 5.45. The standard InChI is InChI=1S/C22H27ClN2O4S/c1-24(15-17-7-9-20(29-2)10-8-17)22(26)18-11-13-25(14-12-18)30(27,28)16-19-5-3-4-6-21(19)23/h3-10,18H,11-16H2,1-2H3. The van der Waals surface area contributed by atoms with E-state index in [2.05, 4.69) is 0 Å². The molecule has 1 amide bonds. The Morgan fingerprint density at radius 1 is 1.13 bits per heavy atom. The molecule has 1 saturated heterocycles. The number of halogens is 1. The van der Waals surface area contributed by atoms with Crippen LogP contribution in [0.2, 0.25) is 5.02 Å². The van der Waals surface area contributed by atoms with Crippen LogP contribution in [0.5, 0.6) is 5.75 Å². The minimum Gasteiger partial charge on any atom is -0.497 e. The number of rotatable bonds is 7. The van der Waals surface area contributed by atoms with Crippen molar-refractivity contribution in [3.63, 3.8) is 0 Å². The average Bonchev–Trinajstić information content (AvgIpc) is 2.75. The van der Waals surface area contributed by atoms with Gasteiger partial charge in [0.25, 0.3) is 0 Å². The number of nitrogens with zero attached hydrogens (tertiary/aromatic N) is 2. The van der Waals surface area contributed by atoms with E-state index in [1.54, 1.807) is 43.3 Å². The molecule has 1 heterocycles. The number of amides is 1. The first-order chi connectivity index (χ1) is 14.3. The lowest BCUT2D eigenvalue weighted by Crippen LogP contribution is -2.43. The largest absolute Gasteiger partial charge is 0.497 e. The van der Waals surface area contributed by atoms with E-state index in [0.717, 1.165) is 11.3 Å². The average molecular weight is 451 g/mol. The van der Waals surface area contributed by atoms with Gasteiger partial charge in [0.2, 0.25) is 15.9 Å². The van der Waals surface area contributed by atoms with E-state index in [1.807, 2.05) is 24.3 Å². The summed E-state index contributed by atoms with van der Waals surface area (Å²) in [6.45, 7) is 1.20. The SMILES string of the molecule is COc1ccc(CN(C)C(=O)C2CCN(S(=O)(=O)Cc3ccccc3Cl)CC2)cc1. The van der Waals surface area contributed by atoms with E-state index in [-0.39, 0.29) is 17.6 Å². The second-order valence-corrected chi connectivity index (χ2v) is 9.94. The van der Waals surface area contributed by atoms with E-state index in [0.29, 0.717) is 43.1 Å². The van der Waals surface area contributed by atoms with E-state index in [1.165, 1.54) is 4.31 Å². The number of carbonyl (C=O) groups excluding carboxylic acids is 1. The summed E-state index contributed by atoms with van der Waals surface area (Å²) >= 11 is 6.11. The topological polar surface area (TPSA) is 66.9 Å². The molecule has 8 heteroatoms. The second kappa shape index (κ2) is 9.81. The van der Waals surface area contributed by atoms with Crippen molar-refractivity contribution < 1.29 is 17.9 Å². The number of sulfonamides is 1. The first-order valence-corrected chi connectivity index (χ1v) is 11.9. The van der Waals surface area contributed by atoms with Crippen LogP contribution in [0.15, 0.2) is 48.5 Å². The van der Waals surface area contributed by atoms with E-state index in [4.69, 9.17) is 16.3 Å². The fourth-order valence-electron chi connectivity index (χ4n) is 3.68. The number of ether oxygens (including phenoxy) is 1. The van der Waals surface area contributed by atoms with Crippen LogP contribution in [-0.4, -0.2) is 50.8 Å². The van der Waals surface area contributed by atoms with Crippen LogP contribution < -0.4 is 4.74 Å². The van der Waals surface area contributed by atoms with Gasteiger partial charge in [-0.15, -0.1) is 0 Å². The number of hydrogen-bond acceptors (Lipinski definition) is 4. The summed E-state index contributed by atoms with van der Waals surface area (Å²) in [5.74, 6) is 0.537. The van der Waals surface area contributed by atoms with Crippen LogP contribution in [0.1, 0.15) is 24.0 Å². The van der Waals surface area contributed by atoms with Crippen molar-refractivity contribution in [3.05, 3.63) is 64.7 Å². The fraction of sp³-hybridized carbons (Fsp3) is 0.409. The highest BCUT2D eigenvalue weighted by molar-refractivity contribution is 7.88. The van der Waals surface area contributed by atoms with Gasteiger partial charge in [0.15, 0.2) is 0 Å². The minimum absolute atomic E-state index is 0.0500. The maximum absolute atomic E-state index is 12.8. The highest BCUT2D eigenvalue weighted by Gasteiger charge is 2.32. The number of hydrogen-bond donors (Lipinski definition) is 0. The van der Waals surface area contributed by atoms with E-state index >= 15 is 0 Å². The maximum Gasteiger partial charge on any atom is 0.225 e. The number of benzene rings is 2. The van der Waals surface area contributed by atoms with Crippen molar-refractivity contribution in [3.8, 4) is 5.75 Å². The zero-order chi connectivity index (χ0) is 21.7. The van der Waals surface area contributed by atoms with Crippen LogP contribution in [0.4, 0.5) is 0 Å². The number of carbonyl (C=O) groups is 1. The molecule has 30 heavy (non-hydrogen) atoms. The summed E-state index contributed by atoms with van der Waals surface area (Å²) in [7, 11) is -0.0698. The van der Waals surface area contributed by atoms with Gasteiger partial charge < -0.3 is 9.64 Å². The Bertz CT molecular complexity index is 971. The van der Waals surface area contributed by atoms with Crippen LogP contribution in [0.25, 0.3) is 0 Å². The van der Waals surface area contributed by atoms with Gasteiger partial charge >= 0.3 is 0 Å². The van der Waals surface area contributed by atoms with Gasteiger partial charge in [0.05, 0.1) is 12.9 Å². The highest BCUT2D eigenvalue weighted by Crippen LogP contribution is 2.25. The molecular weight excluding hydrogens is 424 g/mol. The Kier molecular flexibility index (Phi) is 7.39. The predicted molar refractivity (Wildman–Crippen MR) is 118 cm³/mol. The molecule has 0 unspecified atom stereocenters. The summed E-state index contributed by atoms with van der Waals surface area (Å²) in [5, 5.41) is 0.450. The summed E-state index contributed by atoms with van der Waals surface area (Å²) in [4.78, 5) is 14.5. The van der Waals surface area contributed by atoms with Gasteiger partial charge in [-0.05, 0) is 42.2 Å². The van der Waals surface area contributed by atoms with Gasteiger partial charge in [0, 0.05) is 37.6 Å². The molecule has 0 N–H and O–H groups in total. The highest BCUT2D eigenvalue weighted by atomic mass is 35.5. The predicted octanol–water partition coefficient (Wildman–Crippen LogP) is 3.55. The van der Waals surface area contributed by atoms with E-state index < -0.39 is 10.0 Å². The molecule has 162 valence electrons. The molecule has 1 aliphatic heterocycles. The third kappa shape index (κ3) is 5.53. The zero-order valence-electron chi connectivity index (χ0n) is 17.3. The summed E-state index contributed by atoms with van der Waals surface area (Å²) < 4.78 is 32.2. The van der Waals surface area contributed by atoms with E-state index in [9.17, 15) is 13.2 Å². The van der Waals surface area contributed by atoms with Crippen molar-refractivity contribution in [2.75, 3.05) is 27.2 Å². The number of piperidine rings is 1. The molecule has 0 atom stereocenters. The molecule has 0 aromatic heterocycles. The Morgan fingerprint density at radius 3 is 2.37 bits per heavy atom. The molecule has 2 aromatic rings. The number of methoxy groups -OCH3 is 1. The van der Waals surface area contributed by atoms with Crippen molar-refractivity contribution in [2.45, 2.75) is 25.1 Å². The van der Waals surface area contributed by atoms with Crippen LogP contribution in [0, 0.1) is 5.92 Å². The molecule has 0 bridgehead atoms. The summed E-state index contributed by atoms with van der Waals surface area (Å²) in [6, 6.07) is 14.6. The Labute approximate surface area is 183 Å². The quantitative estimate of drug-likeness (QED) is 0.647. The molecule has 3 rings (SSSR count). The lowest BCUT2D eigenvalue weighted by Gasteiger charge is -2.32. The summed E-state index contributed by atoms with van der Waals surface area (Å²) in [6.07, 6.45) is 1.04. The van der Waals surface area contributed by atoms with Crippen LogP contribution >= 0.6 is 11.6 Å². The smallest absolute Gasteiger partial charge is 0.225 e. The first-order valence-electron chi connectivity index (χ1n) is 9.89. The lowest BCUT2D eigenvalue weighted by molar-refractivity contribution is -0.135. The Balaban J connectivity index is 1.54. The maximum atomic E-state index is 12.8. The Hall–Kier alpha value is -2.09. The first kappa shape index (κ1) is 22.6. The van der Waals surface area contributed by atoms with Crippen LogP contribution in [0.3, 0.4) is 0 Å². The van der Waals surface area contributed by atoms with Crippen molar-refractivity contribution in [2.24, 2.45) is 5.92 Å². The van der Waals surface area contributed by atoms with Gasteiger partial charge in [-0.25, -0.2) is 12.7 Å². The molecular formula is C22H27ClN2O4S. The normalized spacial score (nSPS) is 15.7. The van der Waals surface area contributed by atoms with Crippen molar-refractivity contribution in [1.29, 1.82) is 0 Å². The van der Waals surface area contributed by atoms with Gasteiger partial charge in [-0.2, -0.15) is 0 Å². The van der Waals surface area contributed by atoms with Gasteiger partial charge in [-0.1, -0.05) is 41.9 Å². The van der Waals surface area contributed by atoms with Crippen molar-refractivity contribution >= 4 is 27.5 Å². The second-order valence-electron chi connectivity index (χ2n) is 7.56.